The summed E-state index contributed by atoms with van der Waals surface area (Å²) in [6, 6.07) is 12.7. The summed E-state index contributed by atoms with van der Waals surface area (Å²) in [5.41, 5.74) is 2.21. The number of benzene rings is 2. The zero-order valence-electron chi connectivity index (χ0n) is 15.6. The fraction of sp³-hybridized carbons (Fsp3) is 0.190. The van der Waals surface area contributed by atoms with Gasteiger partial charge in [0, 0.05) is 22.4 Å². The molecule has 3 aromatic rings. The highest BCUT2D eigenvalue weighted by molar-refractivity contribution is 8.00. The molecule has 0 saturated carbocycles. The third-order valence-electron chi connectivity index (χ3n) is 4.52. The van der Waals surface area contributed by atoms with Crippen molar-refractivity contribution in [3.63, 3.8) is 0 Å². The number of carbonyl (C=O) groups excluding carboxylic acids is 2. The van der Waals surface area contributed by atoms with Crippen molar-refractivity contribution in [2.24, 2.45) is 0 Å². The van der Waals surface area contributed by atoms with Crippen LogP contribution in [0.25, 0.3) is 0 Å². The second-order valence-corrected chi connectivity index (χ2v) is 8.81. The number of rotatable bonds is 5. The molecule has 0 radical (unpaired) electrons. The van der Waals surface area contributed by atoms with E-state index in [9.17, 15) is 14.0 Å². The predicted molar refractivity (Wildman–Crippen MR) is 114 cm³/mol. The topological polar surface area (TPSA) is 62.3 Å². The number of nitrogens with one attached hydrogen (secondary N) is 1. The number of aromatic nitrogens is 1. The van der Waals surface area contributed by atoms with Gasteiger partial charge in [-0.3, -0.25) is 9.59 Å². The molecule has 5 nitrogen and oxygen atoms in total. The van der Waals surface area contributed by atoms with Crippen LogP contribution in [-0.4, -0.2) is 29.1 Å². The molecule has 1 aliphatic heterocycles. The average Bonchev–Trinajstić information content (AvgIpc) is 3.13. The first kappa shape index (κ1) is 19.6. The molecule has 2 heterocycles. The molecule has 8 heteroatoms. The molecule has 1 aromatic heterocycles. The van der Waals surface area contributed by atoms with Gasteiger partial charge in [-0.1, -0.05) is 24.3 Å². The van der Waals surface area contributed by atoms with Crippen LogP contribution < -0.4 is 10.2 Å². The normalized spacial score (nSPS) is 13.3. The molecule has 2 amide bonds. The van der Waals surface area contributed by atoms with Crippen molar-refractivity contribution < 1.29 is 14.0 Å². The van der Waals surface area contributed by atoms with Crippen LogP contribution in [0, 0.1) is 12.7 Å². The van der Waals surface area contributed by atoms with Crippen molar-refractivity contribution >= 4 is 45.7 Å². The Morgan fingerprint density at radius 2 is 2.10 bits per heavy atom. The first-order chi connectivity index (χ1) is 14.0. The maximum Gasteiger partial charge on any atom is 0.246 e. The number of carbonyl (C=O) groups is 2. The van der Waals surface area contributed by atoms with Gasteiger partial charge in [0.2, 0.25) is 11.8 Å². The summed E-state index contributed by atoms with van der Waals surface area (Å²) < 4.78 is 13.7. The molecule has 0 atom stereocenters. The maximum atomic E-state index is 13.7. The highest BCUT2D eigenvalue weighted by atomic mass is 32.2. The number of nitrogens with zero attached hydrogens (tertiary/aromatic N) is 2. The molecule has 0 saturated heterocycles. The molecular weight excluding hydrogens is 409 g/mol. The second kappa shape index (κ2) is 8.34. The van der Waals surface area contributed by atoms with E-state index in [1.807, 2.05) is 30.3 Å². The fourth-order valence-corrected chi connectivity index (χ4v) is 4.82. The number of hydrogen-bond donors (Lipinski definition) is 1. The first-order valence-electron chi connectivity index (χ1n) is 9.01. The lowest BCUT2D eigenvalue weighted by Crippen LogP contribution is -2.41. The van der Waals surface area contributed by atoms with E-state index in [1.54, 1.807) is 19.2 Å². The van der Waals surface area contributed by atoms with Crippen LogP contribution in [0.2, 0.25) is 0 Å². The number of halogens is 1. The average molecular weight is 428 g/mol. The van der Waals surface area contributed by atoms with Gasteiger partial charge in [-0.15, -0.1) is 23.1 Å². The Morgan fingerprint density at radius 1 is 1.28 bits per heavy atom. The van der Waals surface area contributed by atoms with Crippen molar-refractivity contribution in [1.29, 1.82) is 0 Å². The molecule has 0 aliphatic carbocycles. The number of amides is 2. The molecule has 1 N–H and O–H groups in total. The Hall–Kier alpha value is -2.71. The molecule has 0 bridgehead atoms. The number of thiazole rings is 1. The summed E-state index contributed by atoms with van der Waals surface area (Å²) in [6.45, 7) is 1.66. The van der Waals surface area contributed by atoms with Crippen molar-refractivity contribution in [1.82, 2.24) is 4.98 Å². The lowest BCUT2D eigenvalue weighted by Gasteiger charge is -2.28. The zero-order valence-corrected chi connectivity index (χ0v) is 17.3. The summed E-state index contributed by atoms with van der Waals surface area (Å²) in [7, 11) is 0. The van der Waals surface area contributed by atoms with E-state index in [1.165, 1.54) is 34.1 Å². The van der Waals surface area contributed by atoms with Crippen LogP contribution in [0.5, 0.6) is 0 Å². The van der Waals surface area contributed by atoms with Crippen LogP contribution in [0.4, 0.5) is 15.2 Å². The Morgan fingerprint density at radius 3 is 2.93 bits per heavy atom. The molecular formula is C21H18FN3O2S2. The number of para-hydroxylation sites is 1. The third-order valence-corrected chi connectivity index (χ3v) is 6.48. The van der Waals surface area contributed by atoms with E-state index in [4.69, 9.17) is 0 Å². The SMILES string of the molecule is Cc1ccc(Cc2cnc(NC(=O)CN3C(=O)CSc4ccccc43)s2)cc1F. The van der Waals surface area contributed by atoms with Crippen LogP contribution >= 0.6 is 23.1 Å². The van der Waals surface area contributed by atoms with E-state index >= 15 is 0 Å². The number of aryl methyl sites for hydroxylation is 1. The summed E-state index contributed by atoms with van der Waals surface area (Å²) in [5, 5.41) is 3.22. The molecule has 1 aliphatic rings. The minimum Gasteiger partial charge on any atom is -0.301 e. The quantitative estimate of drug-likeness (QED) is 0.661. The highest BCUT2D eigenvalue weighted by Gasteiger charge is 2.26. The van der Waals surface area contributed by atoms with Gasteiger partial charge < -0.3 is 10.2 Å². The van der Waals surface area contributed by atoms with Gasteiger partial charge in [0.25, 0.3) is 0 Å². The second-order valence-electron chi connectivity index (χ2n) is 6.68. The van der Waals surface area contributed by atoms with Crippen LogP contribution in [0.3, 0.4) is 0 Å². The van der Waals surface area contributed by atoms with E-state index in [2.05, 4.69) is 10.3 Å². The lowest BCUT2D eigenvalue weighted by molar-refractivity contribution is -0.120. The van der Waals surface area contributed by atoms with Gasteiger partial charge in [-0.25, -0.2) is 9.37 Å². The molecule has 148 valence electrons. The number of thioether (sulfide) groups is 1. The minimum absolute atomic E-state index is 0.0610. The number of fused-ring (bicyclic) bond motifs is 1. The summed E-state index contributed by atoms with van der Waals surface area (Å²) >= 11 is 2.82. The molecule has 2 aromatic carbocycles. The Kier molecular flexibility index (Phi) is 5.64. The third kappa shape index (κ3) is 4.49. The Balaban J connectivity index is 1.41. The monoisotopic (exact) mass is 427 g/mol. The van der Waals surface area contributed by atoms with Gasteiger partial charge in [0.1, 0.15) is 12.4 Å². The van der Waals surface area contributed by atoms with Gasteiger partial charge in [-0.05, 0) is 36.2 Å². The Bertz CT molecular complexity index is 1080. The first-order valence-corrected chi connectivity index (χ1v) is 10.8. The van der Waals surface area contributed by atoms with Crippen molar-refractivity contribution in [2.75, 3.05) is 22.5 Å². The van der Waals surface area contributed by atoms with Crippen molar-refractivity contribution in [3.05, 3.63) is 70.5 Å². The lowest BCUT2D eigenvalue weighted by atomic mass is 10.1. The van der Waals surface area contributed by atoms with E-state index in [0.29, 0.717) is 22.9 Å². The van der Waals surface area contributed by atoms with Crippen LogP contribution in [-0.2, 0) is 16.0 Å². The summed E-state index contributed by atoms with van der Waals surface area (Å²) in [4.78, 5) is 32.4. The molecule has 0 fully saturated rings. The molecule has 0 spiro atoms. The van der Waals surface area contributed by atoms with Gasteiger partial charge in [0.15, 0.2) is 5.13 Å². The maximum absolute atomic E-state index is 13.7. The van der Waals surface area contributed by atoms with Gasteiger partial charge in [-0.2, -0.15) is 0 Å². The minimum atomic E-state index is -0.303. The molecule has 29 heavy (non-hydrogen) atoms. The Labute approximate surface area is 176 Å². The van der Waals surface area contributed by atoms with Crippen LogP contribution in [0.15, 0.2) is 53.6 Å². The standard InChI is InChI=1S/C21H18FN3O2S2/c1-13-6-7-14(9-16(13)22)8-15-10-23-21(29-15)24-19(26)11-25-17-4-2-3-5-18(17)28-12-20(25)27/h2-7,9-10H,8,11-12H2,1H3,(H,23,24,26). The van der Waals surface area contributed by atoms with Crippen molar-refractivity contribution in [2.45, 2.75) is 18.2 Å². The summed E-state index contributed by atoms with van der Waals surface area (Å²) in [5.74, 6) is -0.309. The number of anilines is 2. The zero-order chi connectivity index (χ0) is 20.4. The summed E-state index contributed by atoms with van der Waals surface area (Å²) in [6.07, 6.45) is 2.22. The smallest absolute Gasteiger partial charge is 0.246 e. The molecule has 0 unspecified atom stereocenters. The number of hydrogen-bond acceptors (Lipinski definition) is 5. The van der Waals surface area contributed by atoms with E-state index in [0.717, 1.165) is 21.0 Å². The van der Waals surface area contributed by atoms with E-state index in [-0.39, 0.29) is 24.2 Å². The van der Waals surface area contributed by atoms with Crippen molar-refractivity contribution in [3.8, 4) is 0 Å². The van der Waals surface area contributed by atoms with Gasteiger partial charge in [0.05, 0.1) is 11.4 Å². The highest BCUT2D eigenvalue weighted by Crippen LogP contribution is 2.34. The fourth-order valence-electron chi connectivity index (χ4n) is 3.02. The van der Waals surface area contributed by atoms with E-state index < -0.39 is 0 Å². The molecule has 4 rings (SSSR count). The largest absolute Gasteiger partial charge is 0.301 e. The van der Waals surface area contributed by atoms with Gasteiger partial charge >= 0.3 is 0 Å². The van der Waals surface area contributed by atoms with Crippen LogP contribution in [0.1, 0.15) is 16.0 Å². The predicted octanol–water partition coefficient (Wildman–Crippen LogP) is 4.26.